The molecule has 2 aromatic rings. The van der Waals surface area contributed by atoms with Crippen molar-refractivity contribution in [3.05, 3.63) is 51.5 Å². The fourth-order valence-electron chi connectivity index (χ4n) is 2.98. The van der Waals surface area contributed by atoms with Crippen LogP contribution < -0.4 is 10.6 Å². The third-order valence-electron chi connectivity index (χ3n) is 4.32. The average Bonchev–Trinajstić information content (AvgIpc) is 2.91. The topological polar surface area (TPSA) is 54.0 Å². The Balaban J connectivity index is 1.69. The van der Waals surface area contributed by atoms with Gasteiger partial charge >= 0.3 is 0 Å². The molecule has 3 rings (SSSR count). The van der Waals surface area contributed by atoms with Gasteiger partial charge in [-0.15, -0.1) is 11.3 Å². The van der Waals surface area contributed by atoms with Gasteiger partial charge in [-0.05, 0) is 38.8 Å². The van der Waals surface area contributed by atoms with Crippen LogP contribution in [-0.4, -0.2) is 29.5 Å². The van der Waals surface area contributed by atoms with Crippen molar-refractivity contribution in [2.24, 2.45) is 0 Å². The van der Waals surface area contributed by atoms with Crippen molar-refractivity contribution in [3.8, 4) is 0 Å². The van der Waals surface area contributed by atoms with Gasteiger partial charge in [-0.2, -0.15) is 0 Å². The molecule has 2 heterocycles. The molecule has 1 saturated heterocycles. The standard InChI is InChI=1S/C18H23N3OS/c1-12-15(9-6-10-19-12)21-18(22)17-13(2)20-16(23-17)11-14-7-4-3-5-8-14/h3-5,7-8,12,15,19H,6,9-11H2,1-2H3,(H,21,22). The summed E-state index contributed by atoms with van der Waals surface area (Å²) >= 11 is 1.51. The molecule has 1 aliphatic rings. The number of thiazole rings is 1. The molecule has 0 radical (unpaired) electrons. The molecule has 2 unspecified atom stereocenters. The zero-order valence-electron chi connectivity index (χ0n) is 13.6. The van der Waals surface area contributed by atoms with Gasteiger partial charge < -0.3 is 10.6 Å². The number of amides is 1. The summed E-state index contributed by atoms with van der Waals surface area (Å²) in [5, 5.41) is 7.58. The van der Waals surface area contributed by atoms with E-state index in [-0.39, 0.29) is 11.9 Å². The molecule has 0 bridgehead atoms. The van der Waals surface area contributed by atoms with Crippen molar-refractivity contribution in [1.29, 1.82) is 0 Å². The number of benzene rings is 1. The van der Waals surface area contributed by atoms with E-state index in [1.807, 2.05) is 25.1 Å². The summed E-state index contributed by atoms with van der Waals surface area (Å²) < 4.78 is 0. The van der Waals surface area contributed by atoms with E-state index in [0.29, 0.717) is 6.04 Å². The smallest absolute Gasteiger partial charge is 0.263 e. The molecular formula is C18H23N3OS. The van der Waals surface area contributed by atoms with Gasteiger partial charge in [0, 0.05) is 18.5 Å². The first-order chi connectivity index (χ1) is 11.1. The van der Waals surface area contributed by atoms with Crippen molar-refractivity contribution in [1.82, 2.24) is 15.6 Å². The fourth-order valence-corrected chi connectivity index (χ4v) is 3.99. The Morgan fingerprint density at radius 1 is 1.39 bits per heavy atom. The number of rotatable bonds is 4. The maximum atomic E-state index is 12.6. The first kappa shape index (κ1) is 16.1. The van der Waals surface area contributed by atoms with Gasteiger partial charge in [0.05, 0.1) is 10.7 Å². The first-order valence-electron chi connectivity index (χ1n) is 8.18. The predicted molar refractivity (Wildman–Crippen MR) is 94.1 cm³/mol. The zero-order valence-corrected chi connectivity index (χ0v) is 14.5. The van der Waals surface area contributed by atoms with E-state index in [1.165, 1.54) is 16.9 Å². The highest BCUT2D eigenvalue weighted by Gasteiger charge is 2.24. The third kappa shape index (κ3) is 3.98. The number of nitrogens with one attached hydrogen (secondary N) is 2. The molecule has 0 aliphatic carbocycles. The predicted octanol–water partition coefficient (Wildman–Crippen LogP) is 2.91. The number of aromatic nitrogens is 1. The van der Waals surface area contributed by atoms with Crippen molar-refractivity contribution in [2.45, 2.75) is 45.2 Å². The highest BCUT2D eigenvalue weighted by Crippen LogP contribution is 2.21. The molecule has 1 aromatic carbocycles. The summed E-state index contributed by atoms with van der Waals surface area (Å²) in [5.41, 5.74) is 2.05. The van der Waals surface area contributed by atoms with Crippen molar-refractivity contribution >= 4 is 17.2 Å². The third-order valence-corrected chi connectivity index (χ3v) is 5.48. The van der Waals surface area contributed by atoms with Gasteiger partial charge in [0.15, 0.2) is 0 Å². The summed E-state index contributed by atoms with van der Waals surface area (Å²) in [4.78, 5) is 17.9. The zero-order chi connectivity index (χ0) is 16.2. The Kier molecular flexibility index (Phi) is 5.08. The lowest BCUT2D eigenvalue weighted by molar-refractivity contribution is 0.0923. The number of hydrogen-bond acceptors (Lipinski definition) is 4. The van der Waals surface area contributed by atoms with E-state index >= 15 is 0 Å². The van der Waals surface area contributed by atoms with E-state index in [4.69, 9.17) is 0 Å². The van der Waals surface area contributed by atoms with Gasteiger partial charge in [-0.25, -0.2) is 4.98 Å². The van der Waals surface area contributed by atoms with E-state index in [1.54, 1.807) is 0 Å². The van der Waals surface area contributed by atoms with Crippen molar-refractivity contribution in [3.63, 3.8) is 0 Å². The molecule has 4 nitrogen and oxygen atoms in total. The Morgan fingerprint density at radius 3 is 2.91 bits per heavy atom. The second-order valence-corrected chi connectivity index (χ2v) is 7.23. The SMILES string of the molecule is Cc1nc(Cc2ccccc2)sc1C(=O)NC1CCCNC1C. The number of aryl methyl sites for hydroxylation is 1. The first-order valence-corrected chi connectivity index (χ1v) is 8.99. The van der Waals surface area contributed by atoms with Gasteiger partial charge in [-0.1, -0.05) is 30.3 Å². The summed E-state index contributed by atoms with van der Waals surface area (Å²) in [5.74, 6) is 0.0138. The largest absolute Gasteiger partial charge is 0.347 e. The van der Waals surface area contributed by atoms with Gasteiger partial charge in [0.2, 0.25) is 0 Å². The van der Waals surface area contributed by atoms with Crippen LogP contribution in [0.1, 0.15) is 45.7 Å². The molecular weight excluding hydrogens is 306 g/mol. The maximum absolute atomic E-state index is 12.6. The molecule has 0 spiro atoms. The molecule has 2 atom stereocenters. The van der Waals surface area contributed by atoms with Gasteiger partial charge in [-0.3, -0.25) is 4.79 Å². The normalized spacial score (nSPS) is 21.1. The minimum Gasteiger partial charge on any atom is -0.347 e. The highest BCUT2D eigenvalue weighted by molar-refractivity contribution is 7.13. The summed E-state index contributed by atoms with van der Waals surface area (Å²) in [6.45, 7) is 5.08. The van der Waals surface area contributed by atoms with Crippen LogP contribution in [0.25, 0.3) is 0 Å². The van der Waals surface area contributed by atoms with Gasteiger partial charge in [0.1, 0.15) is 4.88 Å². The minimum atomic E-state index is 0.0138. The Morgan fingerprint density at radius 2 is 2.17 bits per heavy atom. The quantitative estimate of drug-likeness (QED) is 0.907. The van der Waals surface area contributed by atoms with Crippen LogP contribution in [0.4, 0.5) is 0 Å². The molecule has 1 aliphatic heterocycles. The lowest BCUT2D eigenvalue weighted by atomic mass is 10.00. The van der Waals surface area contributed by atoms with Crippen LogP contribution >= 0.6 is 11.3 Å². The van der Waals surface area contributed by atoms with Gasteiger partial charge in [0.25, 0.3) is 5.91 Å². The van der Waals surface area contributed by atoms with Crippen LogP contribution in [0.5, 0.6) is 0 Å². The molecule has 5 heteroatoms. The number of hydrogen-bond donors (Lipinski definition) is 2. The molecule has 0 saturated carbocycles. The monoisotopic (exact) mass is 329 g/mol. The summed E-state index contributed by atoms with van der Waals surface area (Å²) in [7, 11) is 0. The lowest BCUT2D eigenvalue weighted by Gasteiger charge is -2.30. The number of piperidine rings is 1. The molecule has 122 valence electrons. The molecule has 1 amide bonds. The second kappa shape index (κ2) is 7.23. The molecule has 1 aromatic heterocycles. The maximum Gasteiger partial charge on any atom is 0.263 e. The van der Waals surface area contributed by atoms with E-state index in [2.05, 4.69) is 34.7 Å². The Hall–Kier alpha value is -1.72. The Labute approximate surface area is 141 Å². The average molecular weight is 329 g/mol. The van der Waals surface area contributed by atoms with E-state index in [9.17, 15) is 4.79 Å². The van der Waals surface area contributed by atoms with E-state index < -0.39 is 0 Å². The van der Waals surface area contributed by atoms with Crippen LogP contribution in [0.3, 0.4) is 0 Å². The van der Waals surface area contributed by atoms with Crippen LogP contribution in [0.15, 0.2) is 30.3 Å². The number of carbonyl (C=O) groups excluding carboxylic acids is 1. The fraction of sp³-hybridized carbons (Fsp3) is 0.444. The second-order valence-electron chi connectivity index (χ2n) is 6.15. The van der Waals surface area contributed by atoms with E-state index in [0.717, 1.165) is 41.4 Å². The molecule has 23 heavy (non-hydrogen) atoms. The van der Waals surface area contributed by atoms with Crippen LogP contribution in [-0.2, 0) is 6.42 Å². The van der Waals surface area contributed by atoms with Crippen molar-refractivity contribution in [2.75, 3.05) is 6.54 Å². The summed E-state index contributed by atoms with van der Waals surface area (Å²) in [6.07, 6.45) is 2.92. The van der Waals surface area contributed by atoms with Crippen molar-refractivity contribution < 1.29 is 4.79 Å². The molecule has 2 N–H and O–H groups in total. The number of carbonyl (C=O) groups is 1. The highest BCUT2D eigenvalue weighted by atomic mass is 32.1. The Bertz CT molecular complexity index is 668. The van der Waals surface area contributed by atoms with Crippen LogP contribution in [0.2, 0.25) is 0 Å². The summed E-state index contributed by atoms with van der Waals surface area (Å²) in [6, 6.07) is 10.8. The lowest BCUT2D eigenvalue weighted by Crippen LogP contribution is -2.51. The number of nitrogens with zero attached hydrogens (tertiary/aromatic N) is 1. The minimum absolute atomic E-state index is 0.0138. The molecule has 1 fully saturated rings. The van der Waals surface area contributed by atoms with Crippen LogP contribution in [0, 0.1) is 6.92 Å².